The molecule has 0 aliphatic carbocycles. The fourth-order valence-corrected chi connectivity index (χ4v) is 0. The lowest BCUT2D eigenvalue weighted by Crippen LogP contribution is -2.23. The van der Waals surface area contributed by atoms with Crippen molar-refractivity contribution in [3.8, 4) is 0 Å². The van der Waals surface area contributed by atoms with Crippen LogP contribution in [-0.4, -0.2) is 23.4 Å². The number of carbonyl (C=O) groups excluding carboxylic acids is 2. The molecule has 0 aliphatic rings. The maximum atomic E-state index is 9.18. The Hall–Kier alpha value is -0.360. The molecule has 86 valence electrons. The molecule has 0 spiro atoms. The van der Waals surface area contributed by atoms with Gasteiger partial charge in [0.2, 0.25) is 0 Å². The van der Waals surface area contributed by atoms with Crippen LogP contribution in [0.3, 0.4) is 0 Å². The number of unbranched alkanes of at least 4 members (excludes halogenated alkanes) is 1. The van der Waals surface area contributed by atoms with Gasteiger partial charge in [0.15, 0.2) is 0 Å². The Bertz CT molecular complexity index is 123. The molecule has 0 amide bonds. The van der Waals surface area contributed by atoms with E-state index in [1.54, 1.807) is 0 Å². The number of carboxylic acids is 2. The van der Waals surface area contributed by atoms with E-state index in [0.717, 1.165) is 0 Å². The summed E-state index contributed by atoms with van der Waals surface area (Å²) in [6.45, 7) is 4.36. The quantitative estimate of drug-likeness (QED) is 0.629. The summed E-state index contributed by atoms with van der Waals surface area (Å²) in [5.74, 6) is -2.65. The predicted octanol–water partition coefficient (Wildman–Crippen LogP) is -0.861. The molecule has 0 aliphatic heterocycles. The fourth-order valence-electron chi connectivity index (χ4n) is 0. The Balaban J connectivity index is -0.000000131. The zero-order valence-corrected chi connectivity index (χ0v) is 10.1. The van der Waals surface area contributed by atoms with E-state index >= 15 is 0 Å². The molecule has 0 N–H and O–H groups in total. The van der Waals surface area contributed by atoms with Crippen LogP contribution < -0.4 is 10.2 Å². The van der Waals surface area contributed by atoms with E-state index in [1.807, 2.05) is 0 Å². The number of carboxylic acid groups (broad SMARTS) is 2. The highest BCUT2D eigenvalue weighted by atomic mass is 32.1. The molecule has 0 aromatic heterocycles. The highest BCUT2D eigenvalue weighted by molar-refractivity contribution is 7.81. The van der Waals surface area contributed by atoms with Crippen LogP contribution in [0, 0.1) is 0 Å². The van der Waals surface area contributed by atoms with Crippen molar-refractivity contribution in [1.82, 2.24) is 0 Å². The van der Waals surface area contributed by atoms with Crippen LogP contribution >= 0.6 is 25.3 Å². The van der Waals surface area contributed by atoms with Crippen LogP contribution in [0.1, 0.15) is 26.7 Å². The van der Waals surface area contributed by atoms with Gasteiger partial charge >= 0.3 is 0 Å². The number of hydrogen-bond acceptors (Lipinski definition) is 6. The zero-order chi connectivity index (χ0) is 12.0. The highest BCUT2D eigenvalue weighted by Crippen LogP contribution is 1.76. The minimum Gasteiger partial charge on any atom is -0.549 e. The highest BCUT2D eigenvalue weighted by Gasteiger charge is 1.66. The molecule has 4 nitrogen and oxygen atoms in total. The van der Waals surface area contributed by atoms with Crippen LogP contribution in [0.2, 0.25) is 0 Å². The van der Waals surface area contributed by atoms with Gasteiger partial charge in [0.1, 0.15) is 0 Å². The third kappa shape index (κ3) is 61.2. The topological polar surface area (TPSA) is 80.3 Å². The predicted molar refractivity (Wildman–Crippen MR) is 58.3 cm³/mol. The van der Waals surface area contributed by atoms with Crippen molar-refractivity contribution in [2.24, 2.45) is 0 Å². The second-order valence-electron chi connectivity index (χ2n) is 2.06. The second kappa shape index (κ2) is 18.4. The summed E-state index contributed by atoms with van der Waals surface area (Å²) >= 11 is 6.71. The minimum absolute atomic E-state index is 0.194. The summed E-state index contributed by atoms with van der Waals surface area (Å²) in [4.78, 5) is 18.4. The molecule has 0 saturated heterocycles. The standard InChI is InChI=1S/C4H10.2C2H4O2S/c1-3-4-2;2*3-2(4)1-5/h3-4H2,1-2H3;2*5H,1H2,(H,3,4)/p-2. The molecule has 6 heteroatoms. The van der Waals surface area contributed by atoms with Crippen molar-refractivity contribution in [2.45, 2.75) is 26.7 Å². The van der Waals surface area contributed by atoms with E-state index in [9.17, 15) is 19.8 Å². The summed E-state index contributed by atoms with van der Waals surface area (Å²) < 4.78 is 0. The summed E-state index contributed by atoms with van der Waals surface area (Å²) in [6.07, 6.45) is 2.64. The van der Waals surface area contributed by atoms with E-state index in [-0.39, 0.29) is 11.5 Å². The number of rotatable bonds is 3. The molecule has 0 aromatic carbocycles. The lowest BCUT2D eigenvalue weighted by atomic mass is 10.4. The second-order valence-corrected chi connectivity index (χ2v) is 2.69. The molecule has 0 atom stereocenters. The van der Waals surface area contributed by atoms with Gasteiger partial charge in [-0.1, -0.05) is 26.7 Å². The lowest BCUT2D eigenvalue weighted by molar-refractivity contribution is -0.302. The van der Waals surface area contributed by atoms with Gasteiger partial charge in [-0.15, -0.1) is 0 Å². The van der Waals surface area contributed by atoms with Gasteiger partial charge in [-0.3, -0.25) is 0 Å². The molecule has 0 heterocycles. The maximum absolute atomic E-state index is 9.18. The van der Waals surface area contributed by atoms with Gasteiger partial charge in [0.25, 0.3) is 0 Å². The molecule has 0 saturated carbocycles. The van der Waals surface area contributed by atoms with E-state index in [1.165, 1.54) is 12.8 Å². The SMILES string of the molecule is CCCC.O=C([O-])CS.O=C([O-])CS. The van der Waals surface area contributed by atoms with Gasteiger partial charge in [0.05, 0.1) is 11.9 Å². The van der Waals surface area contributed by atoms with E-state index in [4.69, 9.17) is 0 Å². The first kappa shape index (κ1) is 19.2. The van der Waals surface area contributed by atoms with Crippen molar-refractivity contribution in [3.05, 3.63) is 0 Å². The van der Waals surface area contributed by atoms with Crippen molar-refractivity contribution < 1.29 is 19.8 Å². The molecule has 0 unspecified atom stereocenters. The third-order valence-electron chi connectivity index (χ3n) is 0.758. The van der Waals surface area contributed by atoms with Gasteiger partial charge in [-0.05, 0) is 0 Å². The van der Waals surface area contributed by atoms with Crippen LogP contribution in [-0.2, 0) is 9.59 Å². The van der Waals surface area contributed by atoms with Gasteiger partial charge in [0, 0.05) is 11.5 Å². The van der Waals surface area contributed by atoms with Gasteiger partial charge in [-0.25, -0.2) is 0 Å². The smallest absolute Gasteiger partial charge is 0.0510 e. The van der Waals surface area contributed by atoms with E-state index in [2.05, 4.69) is 39.1 Å². The summed E-state index contributed by atoms with van der Waals surface area (Å²) in [5, 5.41) is 18.4. The summed E-state index contributed by atoms with van der Waals surface area (Å²) in [6, 6.07) is 0. The van der Waals surface area contributed by atoms with Crippen LogP contribution in [0.15, 0.2) is 0 Å². The number of thiol groups is 2. The largest absolute Gasteiger partial charge is 0.549 e. The summed E-state index contributed by atoms with van der Waals surface area (Å²) in [7, 11) is 0. The molecule has 0 fully saturated rings. The minimum atomic E-state index is -1.13. The molecule has 0 rings (SSSR count). The first-order valence-corrected chi connectivity index (χ1v) is 5.34. The maximum Gasteiger partial charge on any atom is 0.0510 e. The number of hydrogen-bond donors (Lipinski definition) is 2. The van der Waals surface area contributed by atoms with Gasteiger partial charge < -0.3 is 19.8 Å². The zero-order valence-electron chi connectivity index (χ0n) is 8.36. The molecule has 0 radical (unpaired) electrons. The fraction of sp³-hybridized carbons (Fsp3) is 0.750. The normalized spacial score (nSPS) is 7.43. The average Bonchev–Trinajstić information content (AvgIpc) is 2.19. The molecule has 0 bridgehead atoms. The van der Waals surface area contributed by atoms with Gasteiger partial charge in [-0.2, -0.15) is 25.3 Å². The average molecular weight is 240 g/mol. The van der Waals surface area contributed by atoms with E-state index < -0.39 is 11.9 Å². The summed E-state index contributed by atoms with van der Waals surface area (Å²) in [5.41, 5.74) is 0. The van der Waals surface area contributed by atoms with Crippen molar-refractivity contribution in [2.75, 3.05) is 11.5 Å². The Labute approximate surface area is 95.5 Å². The monoisotopic (exact) mass is 240 g/mol. The molecule has 14 heavy (non-hydrogen) atoms. The van der Waals surface area contributed by atoms with Crippen molar-refractivity contribution in [3.63, 3.8) is 0 Å². The first-order valence-electron chi connectivity index (χ1n) is 4.07. The Kier molecular flexibility index (Phi) is 25.3. The van der Waals surface area contributed by atoms with Crippen LogP contribution in [0.25, 0.3) is 0 Å². The molecular weight excluding hydrogens is 224 g/mol. The van der Waals surface area contributed by atoms with Crippen LogP contribution in [0.5, 0.6) is 0 Å². The number of carbonyl (C=O) groups is 2. The lowest BCUT2D eigenvalue weighted by Gasteiger charge is -1.86. The van der Waals surface area contributed by atoms with E-state index in [0.29, 0.717) is 0 Å². The Morgan fingerprint density at radius 2 is 1.07 bits per heavy atom. The van der Waals surface area contributed by atoms with Crippen molar-refractivity contribution >= 4 is 37.2 Å². The Morgan fingerprint density at radius 1 is 0.929 bits per heavy atom. The Morgan fingerprint density at radius 3 is 1.07 bits per heavy atom. The molecule has 0 aromatic rings. The first-order chi connectivity index (χ1) is 6.45. The number of aliphatic carboxylic acids is 2. The third-order valence-corrected chi connectivity index (χ3v) is 1.27. The van der Waals surface area contributed by atoms with Crippen LogP contribution in [0.4, 0.5) is 0 Å². The molecular formula is C8H16O4S2-2. The van der Waals surface area contributed by atoms with Crippen molar-refractivity contribution in [1.29, 1.82) is 0 Å².